The van der Waals surface area contributed by atoms with Gasteiger partial charge in [0.1, 0.15) is 0 Å². The number of carbonyl (C=O) groups is 1. The van der Waals surface area contributed by atoms with E-state index in [2.05, 4.69) is 19.2 Å². The van der Waals surface area contributed by atoms with Crippen LogP contribution in [0.25, 0.3) is 0 Å². The van der Waals surface area contributed by atoms with Crippen LogP contribution in [-0.2, 0) is 4.79 Å². The van der Waals surface area contributed by atoms with E-state index >= 15 is 0 Å². The molecule has 3 heteroatoms. The Balaban J connectivity index is 2.08. The molecule has 1 rings (SSSR count). The molecular formula is C10H18ClNO. The minimum absolute atomic E-state index is 0.230. The maximum absolute atomic E-state index is 11.4. The van der Waals surface area contributed by atoms with Gasteiger partial charge >= 0.3 is 0 Å². The molecule has 0 spiro atoms. The number of hydrogen-bond donors (Lipinski definition) is 1. The van der Waals surface area contributed by atoms with Crippen LogP contribution < -0.4 is 5.32 Å². The maximum Gasteiger partial charge on any atom is 0.223 e. The summed E-state index contributed by atoms with van der Waals surface area (Å²) in [5, 5.41) is 2.96. The molecule has 3 atom stereocenters. The molecule has 0 radical (unpaired) electrons. The highest BCUT2D eigenvalue weighted by molar-refractivity contribution is 6.17. The van der Waals surface area contributed by atoms with Crippen LogP contribution in [0.15, 0.2) is 0 Å². The van der Waals surface area contributed by atoms with E-state index in [0.717, 1.165) is 19.4 Å². The second-order valence-electron chi connectivity index (χ2n) is 4.15. The molecule has 1 amide bonds. The predicted molar refractivity (Wildman–Crippen MR) is 54.8 cm³/mol. The predicted octanol–water partition coefficient (Wildman–Crippen LogP) is 2.02. The monoisotopic (exact) mass is 203 g/mol. The molecule has 0 aromatic carbocycles. The first-order valence-electron chi connectivity index (χ1n) is 4.98. The van der Waals surface area contributed by atoms with E-state index in [1.807, 2.05) is 0 Å². The second kappa shape index (κ2) is 4.85. The zero-order chi connectivity index (χ0) is 9.84. The van der Waals surface area contributed by atoms with Crippen molar-refractivity contribution in [2.24, 2.45) is 17.8 Å². The van der Waals surface area contributed by atoms with Gasteiger partial charge in [-0.2, -0.15) is 0 Å². The number of carbonyl (C=O) groups excluding carboxylic acids is 1. The van der Waals surface area contributed by atoms with Crippen molar-refractivity contribution in [2.45, 2.75) is 26.7 Å². The lowest BCUT2D eigenvalue weighted by atomic mass is 10.1. The van der Waals surface area contributed by atoms with Crippen molar-refractivity contribution in [1.82, 2.24) is 5.32 Å². The molecule has 1 aliphatic carbocycles. The molecule has 3 unspecified atom stereocenters. The molecule has 2 nitrogen and oxygen atoms in total. The number of alkyl halides is 1. The number of nitrogens with one attached hydrogen (secondary N) is 1. The van der Waals surface area contributed by atoms with Gasteiger partial charge in [-0.1, -0.05) is 13.8 Å². The van der Waals surface area contributed by atoms with Gasteiger partial charge in [0.2, 0.25) is 5.91 Å². The van der Waals surface area contributed by atoms with Crippen LogP contribution >= 0.6 is 11.6 Å². The van der Waals surface area contributed by atoms with Crippen molar-refractivity contribution in [3.63, 3.8) is 0 Å². The van der Waals surface area contributed by atoms with E-state index in [-0.39, 0.29) is 5.91 Å². The second-order valence-corrected chi connectivity index (χ2v) is 4.53. The van der Waals surface area contributed by atoms with Gasteiger partial charge in [0.15, 0.2) is 0 Å². The smallest absolute Gasteiger partial charge is 0.223 e. The molecule has 0 aliphatic heterocycles. The van der Waals surface area contributed by atoms with Crippen molar-refractivity contribution in [2.75, 3.05) is 12.4 Å². The van der Waals surface area contributed by atoms with Crippen LogP contribution in [0.3, 0.4) is 0 Å². The fraction of sp³-hybridized carbons (Fsp3) is 0.900. The van der Waals surface area contributed by atoms with Gasteiger partial charge in [0.05, 0.1) is 0 Å². The third-order valence-corrected chi connectivity index (χ3v) is 2.89. The Morgan fingerprint density at radius 2 is 2.31 bits per heavy atom. The van der Waals surface area contributed by atoms with Crippen molar-refractivity contribution in [3.8, 4) is 0 Å². The Morgan fingerprint density at radius 3 is 2.77 bits per heavy atom. The van der Waals surface area contributed by atoms with Crippen LogP contribution in [0.5, 0.6) is 0 Å². The molecule has 0 saturated heterocycles. The highest BCUT2D eigenvalue weighted by atomic mass is 35.5. The lowest BCUT2D eigenvalue weighted by Crippen LogP contribution is -2.30. The van der Waals surface area contributed by atoms with Gasteiger partial charge in [-0.15, -0.1) is 11.6 Å². The molecular weight excluding hydrogens is 186 g/mol. The SMILES string of the molecule is CC(CCCl)CNC(=O)C1CC1C. The zero-order valence-electron chi connectivity index (χ0n) is 8.35. The lowest BCUT2D eigenvalue weighted by molar-refractivity contribution is -0.122. The fourth-order valence-corrected chi connectivity index (χ4v) is 1.75. The zero-order valence-corrected chi connectivity index (χ0v) is 9.10. The molecule has 1 N–H and O–H groups in total. The molecule has 1 saturated carbocycles. The molecule has 13 heavy (non-hydrogen) atoms. The Bertz CT molecular complexity index is 184. The van der Waals surface area contributed by atoms with Crippen LogP contribution in [0.1, 0.15) is 26.7 Å². The molecule has 0 aromatic rings. The van der Waals surface area contributed by atoms with Crippen molar-refractivity contribution >= 4 is 17.5 Å². The van der Waals surface area contributed by atoms with Gasteiger partial charge in [-0.05, 0) is 24.7 Å². The van der Waals surface area contributed by atoms with Crippen molar-refractivity contribution in [3.05, 3.63) is 0 Å². The Morgan fingerprint density at radius 1 is 1.69 bits per heavy atom. The minimum Gasteiger partial charge on any atom is -0.356 e. The van der Waals surface area contributed by atoms with Gasteiger partial charge in [-0.3, -0.25) is 4.79 Å². The summed E-state index contributed by atoms with van der Waals surface area (Å²) < 4.78 is 0. The van der Waals surface area contributed by atoms with E-state index in [1.165, 1.54) is 0 Å². The summed E-state index contributed by atoms with van der Waals surface area (Å²) in [6, 6.07) is 0. The normalized spacial score (nSPS) is 28.2. The van der Waals surface area contributed by atoms with E-state index in [4.69, 9.17) is 11.6 Å². The van der Waals surface area contributed by atoms with Gasteiger partial charge in [-0.25, -0.2) is 0 Å². The van der Waals surface area contributed by atoms with Crippen LogP contribution in [-0.4, -0.2) is 18.3 Å². The largest absolute Gasteiger partial charge is 0.356 e. The molecule has 0 heterocycles. The average molecular weight is 204 g/mol. The third kappa shape index (κ3) is 3.55. The first-order chi connectivity index (χ1) is 6.15. The number of halogens is 1. The van der Waals surface area contributed by atoms with E-state index in [9.17, 15) is 4.79 Å². The highest BCUT2D eigenvalue weighted by Gasteiger charge is 2.38. The summed E-state index contributed by atoms with van der Waals surface area (Å²) in [5.41, 5.74) is 0. The van der Waals surface area contributed by atoms with Crippen molar-refractivity contribution < 1.29 is 4.79 Å². The highest BCUT2D eigenvalue weighted by Crippen LogP contribution is 2.37. The molecule has 0 bridgehead atoms. The summed E-state index contributed by atoms with van der Waals surface area (Å²) in [5.74, 6) is 2.30. The summed E-state index contributed by atoms with van der Waals surface area (Å²) in [4.78, 5) is 11.4. The van der Waals surface area contributed by atoms with Crippen LogP contribution in [0.4, 0.5) is 0 Å². The number of hydrogen-bond acceptors (Lipinski definition) is 1. The van der Waals surface area contributed by atoms with E-state index in [1.54, 1.807) is 0 Å². The summed E-state index contributed by atoms with van der Waals surface area (Å²) >= 11 is 5.60. The molecule has 1 aliphatic rings. The first kappa shape index (κ1) is 10.8. The number of rotatable bonds is 5. The Hall–Kier alpha value is -0.240. The standard InChI is InChI=1S/C10H18ClNO/c1-7(3-4-11)6-12-10(13)9-5-8(9)2/h7-9H,3-6H2,1-2H3,(H,12,13). The van der Waals surface area contributed by atoms with Crippen molar-refractivity contribution in [1.29, 1.82) is 0 Å². The van der Waals surface area contributed by atoms with Gasteiger partial charge < -0.3 is 5.32 Å². The lowest BCUT2D eigenvalue weighted by Gasteiger charge is -2.10. The average Bonchev–Trinajstić information content (AvgIpc) is 2.79. The van der Waals surface area contributed by atoms with Crippen LogP contribution in [0.2, 0.25) is 0 Å². The first-order valence-corrected chi connectivity index (χ1v) is 5.52. The molecule has 76 valence electrons. The molecule has 1 fully saturated rings. The van der Waals surface area contributed by atoms with Gasteiger partial charge in [0, 0.05) is 18.3 Å². The Kier molecular flexibility index (Phi) is 4.04. The summed E-state index contributed by atoms with van der Waals surface area (Å²) in [7, 11) is 0. The summed E-state index contributed by atoms with van der Waals surface area (Å²) in [6.07, 6.45) is 2.04. The van der Waals surface area contributed by atoms with E-state index in [0.29, 0.717) is 23.6 Å². The number of amides is 1. The topological polar surface area (TPSA) is 29.1 Å². The quantitative estimate of drug-likeness (QED) is 0.681. The Labute approximate surface area is 85.0 Å². The minimum atomic E-state index is 0.230. The van der Waals surface area contributed by atoms with Gasteiger partial charge in [0.25, 0.3) is 0 Å². The summed E-state index contributed by atoms with van der Waals surface area (Å²) in [6.45, 7) is 5.00. The maximum atomic E-state index is 11.4. The fourth-order valence-electron chi connectivity index (χ4n) is 1.38. The third-order valence-electron chi connectivity index (χ3n) is 2.67. The molecule has 0 aromatic heterocycles. The van der Waals surface area contributed by atoms with Crippen LogP contribution in [0, 0.1) is 17.8 Å². The van der Waals surface area contributed by atoms with E-state index < -0.39 is 0 Å².